The second-order valence-electron chi connectivity index (χ2n) is 10.6. The highest BCUT2D eigenvalue weighted by atomic mass is 32.1. The molecule has 1 amide bonds. The number of nitrogens with zero attached hydrogens (tertiary/aromatic N) is 5. The number of halogens is 4. The molecular weight excluding hydrogens is 592 g/mol. The molecule has 2 aliphatic heterocycles. The molecule has 2 saturated heterocycles. The summed E-state index contributed by atoms with van der Waals surface area (Å²) in [6.07, 6.45) is 0.765. The number of aromatic nitrogens is 3. The number of amides is 1. The van der Waals surface area contributed by atoms with Gasteiger partial charge in [0, 0.05) is 36.1 Å². The first-order chi connectivity index (χ1) is 20.4. The van der Waals surface area contributed by atoms with E-state index in [9.17, 15) is 32.3 Å². The SMILES string of the molecule is COc1c(F)cc(-c2nc(NC(=O)c3cnc(N4CCC(C(=O)O)CC4)cn3)sc2CN2CCC[C@H]2C)cc1C(F)(F)F. The molecule has 230 valence electrons. The molecule has 2 aromatic heterocycles. The number of hydrogen-bond donors (Lipinski definition) is 2. The number of carbonyl (C=O) groups is 2. The molecule has 3 aromatic rings. The summed E-state index contributed by atoms with van der Waals surface area (Å²) in [5.41, 5.74) is -1.21. The van der Waals surface area contributed by atoms with Crippen molar-refractivity contribution in [2.24, 2.45) is 5.92 Å². The van der Waals surface area contributed by atoms with Gasteiger partial charge in [0.2, 0.25) is 0 Å². The monoisotopic (exact) mass is 622 g/mol. The Kier molecular flexibility index (Phi) is 8.83. The van der Waals surface area contributed by atoms with Crippen LogP contribution in [0.25, 0.3) is 11.3 Å². The average molecular weight is 623 g/mol. The molecule has 0 spiro atoms. The van der Waals surface area contributed by atoms with Gasteiger partial charge in [-0.25, -0.2) is 19.3 Å². The van der Waals surface area contributed by atoms with Crippen LogP contribution in [0.2, 0.25) is 0 Å². The van der Waals surface area contributed by atoms with Gasteiger partial charge in [-0.2, -0.15) is 13.2 Å². The summed E-state index contributed by atoms with van der Waals surface area (Å²) >= 11 is 1.10. The van der Waals surface area contributed by atoms with Crippen LogP contribution in [-0.4, -0.2) is 69.6 Å². The molecule has 0 unspecified atom stereocenters. The van der Waals surface area contributed by atoms with Crippen LogP contribution >= 0.6 is 11.3 Å². The maximum atomic E-state index is 14.8. The molecule has 43 heavy (non-hydrogen) atoms. The largest absolute Gasteiger partial charge is 0.493 e. The Morgan fingerprint density at radius 2 is 1.88 bits per heavy atom. The minimum Gasteiger partial charge on any atom is -0.493 e. The number of thiazole rings is 1. The Labute approximate surface area is 248 Å². The molecular formula is C28H30F4N6O4S. The third kappa shape index (κ3) is 6.72. The number of benzene rings is 1. The van der Waals surface area contributed by atoms with E-state index in [1.807, 2.05) is 4.90 Å². The van der Waals surface area contributed by atoms with Gasteiger partial charge in [0.25, 0.3) is 5.91 Å². The molecule has 2 fully saturated rings. The molecule has 1 atom stereocenters. The van der Waals surface area contributed by atoms with Gasteiger partial charge in [0.05, 0.1) is 31.1 Å². The van der Waals surface area contributed by atoms with Crippen LogP contribution in [0.15, 0.2) is 24.5 Å². The first-order valence-electron chi connectivity index (χ1n) is 13.7. The van der Waals surface area contributed by atoms with E-state index in [1.54, 1.807) is 0 Å². The Bertz CT molecular complexity index is 1490. The zero-order chi connectivity index (χ0) is 30.9. The molecule has 10 nitrogen and oxygen atoms in total. The number of piperidine rings is 1. The van der Waals surface area contributed by atoms with Crippen LogP contribution in [0, 0.1) is 11.7 Å². The minimum atomic E-state index is -4.87. The molecule has 5 rings (SSSR count). The molecule has 0 bridgehead atoms. The molecule has 1 aromatic carbocycles. The molecule has 2 aliphatic rings. The molecule has 4 heterocycles. The summed E-state index contributed by atoms with van der Waals surface area (Å²) in [5.74, 6) is -3.40. The van der Waals surface area contributed by atoms with Gasteiger partial charge < -0.3 is 14.7 Å². The van der Waals surface area contributed by atoms with E-state index in [4.69, 9.17) is 4.74 Å². The van der Waals surface area contributed by atoms with Crippen molar-refractivity contribution in [1.29, 1.82) is 0 Å². The second-order valence-corrected chi connectivity index (χ2v) is 11.7. The Balaban J connectivity index is 1.39. The van der Waals surface area contributed by atoms with Gasteiger partial charge in [-0.3, -0.25) is 19.8 Å². The number of likely N-dealkylation sites (tertiary alicyclic amines) is 1. The number of ether oxygens (including phenoxy) is 1. The van der Waals surface area contributed by atoms with Crippen molar-refractivity contribution >= 4 is 34.2 Å². The number of methoxy groups -OCH3 is 1. The topological polar surface area (TPSA) is 121 Å². The highest BCUT2D eigenvalue weighted by Crippen LogP contribution is 2.42. The fourth-order valence-corrected chi connectivity index (χ4v) is 6.42. The zero-order valence-electron chi connectivity index (χ0n) is 23.4. The van der Waals surface area contributed by atoms with Gasteiger partial charge >= 0.3 is 12.1 Å². The smallest absolute Gasteiger partial charge is 0.420 e. The Hall–Kier alpha value is -3.85. The van der Waals surface area contributed by atoms with Crippen molar-refractivity contribution in [2.75, 3.05) is 37.0 Å². The average Bonchev–Trinajstić information content (AvgIpc) is 3.57. The number of carboxylic acids is 1. The van der Waals surface area contributed by atoms with Gasteiger partial charge in [-0.05, 0) is 51.3 Å². The molecule has 0 aliphatic carbocycles. The second kappa shape index (κ2) is 12.4. The highest BCUT2D eigenvalue weighted by molar-refractivity contribution is 7.16. The third-order valence-corrected chi connectivity index (χ3v) is 8.78. The van der Waals surface area contributed by atoms with E-state index in [2.05, 4.69) is 32.1 Å². The summed E-state index contributed by atoms with van der Waals surface area (Å²) in [5, 5.41) is 12.0. The van der Waals surface area contributed by atoms with Gasteiger partial charge in [0.15, 0.2) is 16.7 Å². The maximum Gasteiger partial charge on any atom is 0.420 e. The first-order valence-corrected chi connectivity index (χ1v) is 14.6. The van der Waals surface area contributed by atoms with Crippen LogP contribution in [0.5, 0.6) is 5.75 Å². The number of nitrogens with one attached hydrogen (secondary N) is 1. The van der Waals surface area contributed by atoms with E-state index >= 15 is 0 Å². The lowest BCUT2D eigenvalue weighted by atomic mass is 9.97. The van der Waals surface area contributed by atoms with E-state index in [-0.39, 0.29) is 28.1 Å². The number of alkyl halides is 3. The van der Waals surface area contributed by atoms with Crippen molar-refractivity contribution in [2.45, 2.75) is 51.4 Å². The van der Waals surface area contributed by atoms with E-state index in [0.717, 1.165) is 50.0 Å². The summed E-state index contributed by atoms with van der Waals surface area (Å²) in [7, 11) is 0.973. The lowest BCUT2D eigenvalue weighted by molar-refractivity contribution is -0.142. The van der Waals surface area contributed by atoms with Crippen molar-refractivity contribution in [1.82, 2.24) is 19.9 Å². The Morgan fingerprint density at radius 1 is 1.14 bits per heavy atom. The fraction of sp³-hybridized carbons (Fsp3) is 0.464. The summed E-state index contributed by atoms with van der Waals surface area (Å²) < 4.78 is 60.9. The van der Waals surface area contributed by atoms with Crippen LogP contribution in [-0.2, 0) is 17.5 Å². The predicted molar refractivity (Wildman–Crippen MR) is 151 cm³/mol. The number of rotatable bonds is 8. The number of carbonyl (C=O) groups excluding carboxylic acids is 1. The van der Waals surface area contributed by atoms with Gasteiger partial charge in [-0.15, -0.1) is 0 Å². The van der Waals surface area contributed by atoms with Crippen molar-refractivity contribution < 1.29 is 37.0 Å². The number of aliphatic carboxylic acids is 1. The normalized spacial score (nSPS) is 18.2. The quantitative estimate of drug-likeness (QED) is 0.322. The van der Waals surface area contributed by atoms with Crippen LogP contribution in [0.1, 0.15) is 53.5 Å². The lowest BCUT2D eigenvalue weighted by Gasteiger charge is -2.30. The van der Waals surface area contributed by atoms with Crippen molar-refractivity contribution in [3.05, 3.63) is 46.5 Å². The zero-order valence-corrected chi connectivity index (χ0v) is 24.3. The van der Waals surface area contributed by atoms with E-state index in [0.29, 0.717) is 43.2 Å². The first kappa shape index (κ1) is 30.6. The number of carboxylic acid groups (broad SMARTS) is 1. The van der Waals surface area contributed by atoms with Crippen LogP contribution in [0.4, 0.5) is 28.5 Å². The predicted octanol–water partition coefficient (Wildman–Crippen LogP) is 5.30. The minimum absolute atomic E-state index is 0.00881. The van der Waals surface area contributed by atoms with Crippen LogP contribution in [0.3, 0.4) is 0 Å². The number of hydrogen-bond acceptors (Lipinski definition) is 9. The summed E-state index contributed by atoms with van der Waals surface area (Å²) in [4.78, 5) is 41.8. The highest BCUT2D eigenvalue weighted by Gasteiger charge is 2.37. The van der Waals surface area contributed by atoms with Gasteiger partial charge in [-0.1, -0.05) is 11.3 Å². The fourth-order valence-electron chi connectivity index (χ4n) is 5.42. The Morgan fingerprint density at radius 3 is 2.47 bits per heavy atom. The summed E-state index contributed by atoms with van der Waals surface area (Å²) in [6.45, 7) is 4.22. The van der Waals surface area contributed by atoms with E-state index < -0.39 is 41.1 Å². The van der Waals surface area contributed by atoms with Crippen molar-refractivity contribution in [3.63, 3.8) is 0 Å². The molecule has 15 heteroatoms. The number of anilines is 2. The standard InChI is InChI=1S/C28H30F4N6O4S/c1-15-4-3-7-38(15)14-21-23(17-10-18(28(30,31)32)24(42-2)19(29)11-17)35-27(43-21)36-25(39)20-12-34-22(13-33-20)37-8-5-16(6-9-37)26(40)41/h10-13,15-16H,3-9,14H2,1-2H3,(H,40,41)(H,35,36,39)/t15-/m1/s1. The van der Waals surface area contributed by atoms with Crippen LogP contribution < -0.4 is 15.0 Å². The van der Waals surface area contributed by atoms with Gasteiger partial charge in [0.1, 0.15) is 17.1 Å². The molecule has 0 radical (unpaired) electrons. The van der Waals surface area contributed by atoms with E-state index in [1.165, 1.54) is 12.4 Å². The molecule has 2 N–H and O–H groups in total. The maximum absolute atomic E-state index is 14.8. The summed E-state index contributed by atoms with van der Waals surface area (Å²) in [6, 6.07) is 2.01. The van der Waals surface area contributed by atoms with Crippen molar-refractivity contribution in [3.8, 4) is 17.0 Å². The molecule has 0 saturated carbocycles. The lowest BCUT2D eigenvalue weighted by Crippen LogP contribution is -2.36. The third-order valence-electron chi connectivity index (χ3n) is 7.82.